The van der Waals surface area contributed by atoms with Gasteiger partial charge in [-0.2, -0.15) is 12.7 Å². The molecule has 1 saturated heterocycles. The Bertz CT molecular complexity index is 559. The van der Waals surface area contributed by atoms with Crippen molar-refractivity contribution in [3.05, 3.63) is 15.4 Å². The molecular formula is C10H14Br2N4O2S. The van der Waals surface area contributed by atoms with Crippen LogP contribution >= 0.6 is 31.9 Å². The third-order valence-electron chi connectivity index (χ3n) is 3.01. The minimum absolute atomic E-state index is 0.196. The van der Waals surface area contributed by atoms with Crippen LogP contribution in [0.4, 0.5) is 5.82 Å². The van der Waals surface area contributed by atoms with Crippen molar-refractivity contribution in [3.8, 4) is 0 Å². The number of hydrogen-bond acceptors (Lipinski definition) is 4. The topological polar surface area (TPSA) is 75.2 Å². The lowest BCUT2D eigenvalue weighted by Gasteiger charge is -2.29. The molecule has 0 aliphatic carbocycles. The van der Waals surface area contributed by atoms with Crippen molar-refractivity contribution in [2.75, 3.05) is 17.8 Å². The van der Waals surface area contributed by atoms with Gasteiger partial charge in [0.05, 0.1) is 6.20 Å². The molecule has 0 amide bonds. The van der Waals surface area contributed by atoms with Crippen LogP contribution in [-0.4, -0.2) is 35.8 Å². The number of anilines is 1. The molecule has 0 bridgehead atoms. The summed E-state index contributed by atoms with van der Waals surface area (Å²) in [7, 11) is -3.56. The van der Waals surface area contributed by atoms with Gasteiger partial charge in [-0.3, -0.25) is 4.72 Å². The Labute approximate surface area is 129 Å². The van der Waals surface area contributed by atoms with Gasteiger partial charge in [0.2, 0.25) is 0 Å². The van der Waals surface area contributed by atoms with Crippen LogP contribution in [0.15, 0.2) is 15.4 Å². The average molecular weight is 414 g/mol. The molecule has 0 unspecified atom stereocenters. The first kappa shape index (κ1) is 15.1. The van der Waals surface area contributed by atoms with Crippen molar-refractivity contribution in [2.45, 2.75) is 19.8 Å². The van der Waals surface area contributed by atoms with Crippen molar-refractivity contribution in [1.82, 2.24) is 14.3 Å². The fraction of sp³-hybridized carbons (Fsp3) is 0.600. The first-order valence-corrected chi connectivity index (χ1v) is 8.87. The standard InChI is InChI=1S/C10H14Br2N4O2S/c1-7-2-4-16(5-3-7)19(17,18)15-10-9(12)14-8(11)6-13-10/h6-7H,2-5H2,1H3,(H,13,15). The Balaban J connectivity index is 2.12. The largest absolute Gasteiger partial charge is 0.302 e. The maximum atomic E-state index is 12.2. The number of rotatable bonds is 3. The van der Waals surface area contributed by atoms with E-state index in [9.17, 15) is 8.42 Å². The highest BCUT2D eigenvalue weighted by Crippen LogP contribution is 2.23. The zero-order valence-corrected chi connectivity index (χ0v) is 14.3. The molecule has 9 heteroatoms. The Morgan fingerprint density at radius 2 is 2.00 bits per heavy atom. The van der Waals surface area contributed by atoms with Crippen LogP contribution in [0.25, 0.3) is 0 Å². The van der Waals surface area contributed by atoms with Gasteiger partial charge in [0.1, 0.15) is 4.60 Å². The van der Waals surface area contributed by atoms with Gasteiger partial charge < -0.3 is 0 Å². The summed E-state index contributed by atoms with van der Waals surface area (Å²) in [6.45, 7) is 3.21. The van der Waals surface area contributed by atoms with Gasteiger partial charge >= 0.3 is 10.2 Å². The van der Waals surface area contributed by atoms with E-state index in [1.807, 2.05) is 0 Å². The van der Waals surface area contributed by atoms with Gasteiger partial charge in [-0.15, -0.1) is 0 Å². The van der Waals surface area contributed by atoms with E-state index in [4.69, 9.17) is 0 Å². The maximum absolute atomic E-state index is 12.2. The number of piperidine rings is 1. The molecule has 0 radical (unpaired) electrons. The highest BCUT2D eigenvalue weighted by atomic mass is 79.9. The van der Waals surface area contributed by atoms with Gasteiger partial charge in [0.25, 0.3) is 0 Å². The van der Waals surface area contributed by atoms with Gasteiger partial charge in [0.15, 0.2) is 10.4 Å². The van der Waals surface area contributed by atoms with Crippen LogP contribution in [0.5, 0.6) is 0 Å². The summed E-state index contributed by atoms with van der Waals surface area (Å²) in [6.07, 6.45) is 3.21. The van der Waals surface area contributed by atoms with E-state index < -0.39 is 10.2 Å². The number of nitrogens with one attached hydrogen (secondary N) is 1. The van der Waals surface area contributed by atoms with Crippen molar-refractivity contribution >= 4 is 47.9 Å². The molecule has 1 aliphatic heterocycles. The smallest absolute Gasteiger partial charge is 0.252 e. The zero-order chi connectivity index (χ0) is 14.0. The van der Waals surface area contributed by atoms with E-state index in [1.165, 1.54) is 10.5 Å². The van der Waals surface area contributed by atoms with Gasteiger partial charge in [0, 0.05) is 13.1 Å². The predicted octanol–water partition coefficient (Wildman–Crippen LogP) is 2.39. The van der Waals surface area contributed by atoms with Crippen LogP contribution in [0, 0.1) is 5.92 Å². The van der Waals surface area contributed by atoms with Crippen LogP contribution in [0.3, 0.4) is 0 Å². The summed E-state index contributed by atoms with van der Waals surface area (Å²) in [5, 5.41) is 0. The van der Waals surface area contributed by atoms with Crippen LogP contribution < -0.4 is 4.72 Å². The summed E-state index contributed by atoms with van der Waals surface area (Å²) in [4.78, 5) is 8.04. The van der Waals surface area contributed by atoms with E-state index in [1.54, 1.807) is 0 Å². The molecule has 0 atom stereocenters. The van der Waals surface area contributed by atoms with Crippen LogP contribution in [0.1, 0.15) is 19.8 Å². The highest BCUT2D eigenvalue weighted by Gasteiger charge is 2.27. The molecule has 2 heterocycles. The second-order valence-corrected chi connectivity index (χ2v) is 7.76. The number of nitrogens with zero attached hydrogens (tertiary/aromatic N) is 3. The number of halogens is 2. The van der Waals surface area contributed by atoms with Crippen molar-refractivity contribution < 1.29 is 8.42 Å². The Morgan fingerprint density at radius 3 is 2.58 bits per heavy atom. The van der Waals surface area contributed by atoms with Crippen molar-refractivity contribution in [1.29, 1.82) is 0 Å². The second kappa shape index (κ2) is 6.02. The van der Waals surface area contributed by atoms with Crippen LogP contribution in [0.2, 0.25) is 0 Å². The molecule has 0 saturated carbocycles. The van der Waals surface area contributed by atoms with Gasteiger partial charge in [-0.05, 0) is 50.6 Å². The molecule has 0 spiro atoms. The molecule has 1 aromatic heterocycles. The molecule has 1 N–H and O–H groups in total. The molecule has 0 aromatic carbocycles. The molecule has 6 nitrogen and oxygen atoms in total. The average Bonchev–Trinajstić information content (AvgIpc) is 2.33. The highest BCUT2D eigenvalue weighted by molar-refractivity contribution is 9.11. The first-order chi connectivity index (χ1) is 8.88. The van der Waals surface area contributed by atoms with Gasteiger partial charge in [-0.1, -0.05) is 6.92 Å². The van der Waals surface area contributed by atoms with Crippen molar-refractivity contribution in [2.24, 2.45) is 5.92 Å². The van der Waals surface area contributed by atoms with E-state index in [-0.39, 0.29) is 5.82 Å². The fourth-order valence-corrected chi connectivity index (χ4v) is 4.08. The Morgan fingerprint density at radius 1 is 1.37 bits per heavy atom. The molecule has 1 aromatic rings. The monoisotopic (exact) mass is 412 g/mol. The maximum Gasteiger partial charge on any atom is 0.302 e. The van der Waals surface area contributed by atoms with Gasteiger partial charge in [-0.25, -0.2) is 9.97 Å². The molecule has 106 valence electrons. The second-order valence-electron chi connectivity index (χ2n) is 4.52. The molecular weight excluding hydrogens is 400 g/mol. The summed E-state index contributed by atoms with van der Waals surface area (Å²) in [5.74, 6) is 0.771. The molecule has 1 aliphatic rings. The molecule has 2 rings (SSSR count). The van der Waals surface area contributed by atoms with E-state index in [0.717, 1.165) is 12.8 Å². The Hall–Kier alpha value is -0.250. The van der Waals surface area contributed by atoms with Crippen LogP contribution in [-0.2, 0) is 10.2 Å². The first-order valence-electron chi connectivity index (χ1n) is 5.84. The third-order valence-corrected chi connectivity index (χ3v) is 5.44. The third kappa shape index (κ3) is 3.87. The fourth-order valence-electron chi connectivity index (χ4n) is 1.83. The number of hydrogen-bond donors (Lipinski definition) is 1. The lowest BCUT2D eigenvalue weighted by molar-refractivity contribution is 0.289. The Kier molecular flexibility index (Phi) is 4.80. The quantitative estimate of drug-likeness (QED) is 0.825. The summed E-state index contributed by atoms with van der Waals surface area (Å²) < 4.78 is 29.2. The van der Waals surface area contributed by atoms with E-state index in [2.05, 4.69) is 53.5 Å². The lowest BCUT2D eigenvalue weighted by Crippen LogP contribution is -2.41. The minimum Gasteiger partial charge on any atom is -0.252 e. The SMILES string of the molecule is CC1CCN(S(=O)(=O)Nc2ncc(Br)nc2Br)CC1. The molecule has 1 fully saturated rings. The van der Waals surface area contributed by atoms with Crippen molar-refractivity contribution in [3.63, 3.8) is 0 Å². The molecule has 19 heavy (non-hydrogen) atoms. The van der Waals surface area contributed by atoms with E-state index >= 15 is 0 Å². The lowest BCUT2D eigenvalue weighted by atomic mass is 10.0. The summed E-state index contributed by atoms with van der Waals surface area (Å²) in [6, 6.07) is 0. The normalized spacial score (nSPS) is 18.5. The minimum atomic E-state index is -3.56. The number of aromatic nitrogens is 2. The summed E-state index contributed by atoms with van der Waals surface area (Å²) >= 11 is 6.35. The summed E-state index contributed by atoms with van der Waals surface area (Å²) in [5.41, 5.74) is 0. The van der Waals surface area contributed by atoms with E-state index in [0.29, 0.717) is 28.2 Å². The predicted molar refractivity (Wildman–Crippen MR) is 79.9 cm³/mol. The zero-order valence-electron chi connectivity index (χ0n) is 10.3.